The molecule has 0 saturated heterocycles. The Morgan fingerprint density at radius 1 is 1.24 bits per heavy atom. The highest BCUT2D eigenvalue weighted by atomic mass is 19.1. The topological polar surface area (TPSA) is 129 Å². The van der Waals surface area contributed by atoms with Crippen molar-refractivity contribution in [2.24, 2.45) is 5.73 Å². The Bertz CT molecular complexity index is 733. The molecular formula is C13H10FN3O4. The molecule has 0 aliphatic rings. The van der Waals surface area contributed by atoms with Crippen LogP contribution in [0.4, 0.5) is 10.1 Å². The number of nitrogen functional groups attached to an aromatic ring is 1. The number of aromatic carboxylic acids is 1. The van der Waals surface area contributed by atoms with Crippen molar-refractivity contribution in [1.29, 1.82) is 0 Å². The van der Waals surface area contributed by atoms with Crippen LogP contribution in [0.2, 0.25) is 0 Å². The van der Waals surface area contributed by atoms with E-state index < -0.39 is 17.7 Å². The summed E-state index contributed by atoms with van der Waals surface area (Å²) in [6.07, 6.45) is 0. The number of benzene rings is 1. The number of pyridine rings is 1. The van der Waals surface area contributed by atoms with E-state index in [1.54, 1.807) is 0 Å². The number of carbonyl (C=O) groups is 2. The molecular weight excluding hydrogens is 281 g/mol. The van der Waals surface area contributed by atoms with Crippen LogP contribution in [0.15, 0.2) is 30.3 Å². The van der Waals surface area contributed by atoms with Crippen molar-refractivity contribution in [2.45, 2.75) is 0 Å². The van der Waals surface area contributed by atoms with Crippen LogP contribution in [0.3, 0.4) is 0 Å². The number of rotatable bonds is 4. The molecule has 2 rings (SSSR count). The van der Waals surface area contributed by atoms with Crippen LogP contribution in [0.25, 0.3) is 0 Å². The van der Waals surface area contributed by atoms with Crippen molar-refractivity contribution < 1.29 is 23.8 Å². The molecule has 8 heteroatoms. The summed E-state index contributed by atoms with van der Waals surface area (Å²) >= 11 is 0. The molecule has 108 valence electrons. The predicted molar refractivity (Wildman–Crippen MR) is 70.6 cm³/mol. The summed E-state index contributed by atoms with van der Waals surface area (Å²) in [6.45, 7) is 0. The van der Waals surface area contributed by atoms with Crippen LogP contribution in [0.1, 0.15) is 20.8 Å². The minimum absolute atomic E-state index is 0.000705. The molecule has 0 aliphatic carbocycles. The van der Waals surface area contributed by atoms with Crippen LogP contribution < -0.4 is 16.2 Å². The average molecular weight is 291 g/mol. The van der Waals surface area contributed by atoms with Gasteiger partial charge in [-0.2, -0.15) is 0 Å². The van der Waals surface area contributed by atoms with E-state index in [-0.39, 0.29) is 28.6 Å². The fourth-order valence-corrected chi connectivity index (χ4v) is 1.52. The van der Waals surface area contributed by atoms with Crippen LogP contribution in [-0.4, -0.2) is 22.0 Å². The first-order chi connectivity index (χ1) is 9.88. The van der Waals surface area contributed by atoms with Crippen molar-refractivity contribution in [2.75, 3.05) is 5.73 Å². The average Bonchev–Trinajstić information content (AvgIpc) is 2.40. The highest BCUT2D eigenvalue weighted by Gasteiger charge is 2.13. The van der Waals surface area contributed by atoms with Crippen molar-refractivity contribution >= 4 is 17.6 Å². The Morgan fingerprint density at radius 3 is 2.52 bits per heavy atom. The smallest absolute Gasteiger partial charge is 0.354 e. The third-order valence-electron chi connectivity index (χ3n) is 2.53. The lowest BCUT2D eigenvalue weighted by molar-refractivity contribution is 0.0689. The zero-order valence-corrected chi connectivity index (χ0v) is 10.5. The minimum Gasteiger partial charge on any atom is -0.477 e. The number of hydrogen-bond acceptors (Lipinski definition) is 5. The van der Waals surface area contributed by atoms with Gasteiger partial charge in [-0.1, -0.05) is 0 Å². The van der Waals surface area contributed by atoms with Gasteiger partial charge in [0.15, 0.2) is 5.69 Å². The second-order valence-electron chi connectivity index (χ2n) is 4.00. The van der Waals surface area contributed by atoms with Gasteiger partial charge in [0.1, 0.15) is 11.6 Å². The van der Waals surface area contributed by atoms with Gasteiger partial charge in [0.05, 0.1) is 11.3 Å². The SMILES string of the molecule is NC(=O)c1ccc(Oc2nc(C(=O)O)ccc2N)cc1F. The number of nitrogens with zero attached hydrogens (tertiary/aromatic N) is 1. The quantitative estimate of drug-likeness (QED) is 0.780. The van der Waals surface area contributed by atoms with E-state index in [4.69, 9.17) is 21.3 Å². The number of aromatic nitrogens is 1. The molecule has 0 fully saturated rings. The minimum atomic E-state index is -1.25. The maximum absolute atomic E-state index is 13.6. The summed E-state index contributed by atoms with van der Waals surface area (Å²) in [5, 5.41) is 8.84. The number of carboxylic acid groups (broad SMARTS) is 1. The van der Waals surface area contributed by atoms with Crippen molar-refractivity contribution in [1.82, 2.24) is 4.98 Å². The highest BCUT2D eigenvalue weighted by molar-refractivity contribution is 5.93. The number of amides is 1. The van der Waals surface area contributed by atoms with E-state index in [0.29, 0.717) is 0 Å². The van der Waals surface area contributed by atoms with Gasteiger partial charge in [0.2, 0.25) is 5.88 Å². The molecule has 21 heavy (non-hydrogen) atoms. The number of carboxylic acids is 1. The summed E-state index contributed by atoms with van der Waals surface area (Å²) < 4.78 is 18.8. The molecule has 1 heterocycles. The van der Waals surface area contributed by atoms with Gasteiger partial charge >= 0.3 is 5.97 Å². The Balaban J connectivity index is 2.34. The summed E-state index contributed by atoms with van der Waals surface area (Å²) in [7, 11) is 0. The van der Waals surface area contributed by atoms with E-state index >= 15 is 0 Å². The van der Waals surface area contributed by atoms with Gasteiger partial charge < -0.3 is 21.3 Å². The standard InChI is InChI=1S/C13H10FN3O4/c14-8-5-6(1-2-7(8)11(16)18)21-12-9(15)3-4-10(17-12)13(19)20/h1-5H,15H2,(H2,16,18)(H,19,20). The molecule has 0 radical (unpaired) electrons. The number of primary amides is 1. The number of anilines is 1. The molecule has 0 unspecified atom stereocenters. The molecule has 0 aliphatic heterocycles. The van der Waals surface area contributed by atoms with E-state index in [2.05, 4.69) is 4.98 Å². The van der Waals surface area contributed by atoms with Crippen LogP contribution in [-0.2, 0) is 0 Å². The molecule has 0 spiro atoms. The number of ether oxygens (including phenoxy) is 1. The zero-order chi connectivity index (χ0) is 15.6. The van der Waals surface area contributed by atoms with E-state index in [1.165, 1.54) is 18.2 Å². The second kappa shape index (κ2) is 5.45. The second-order valence-corrected chi connectivity index (χ2v) is 4.00. The number of nitrogens with two attached hydrogens (primary N) is 2. The third kappa shape index (κ3) is 3.06. The summed E-state index contributed by atoms with van der Waals surface area (Å²) in [6, 6.07) is 5.87. The molecule has 7 nitrogen and oxygen atoms in total. The van der Waals surface area contributed by atoms with Gasteiger partial charge in [0, 0.05) is 6.07 Å². The number of halogens is 1. The largest absolute Gasteiger partial charge is 0.477 e. The van der Waals surface area contributed by atoms with E-state index in [0.717, 1.165) is 12.1 Å². The zero-order valence-electron chi connectivity index (χ0n) is 10.5. The highest BCUT2D eigenvalue weighted by Crippen LogP contribution is 2.26. The lowest BCUT2D eigenvalue weighted by Crippen LogP contribution is -2.13. The van der Waals surface area contributed by atoms with Crippen molar-refractivity contribution in [3.63, 3.8) is 0 Å². The molecule has 1 amide bonds. The molecule has 0 saturated carbocycles. The Labute approximate surface area is 118 Å². The molecule has 0 bridgehead atoms. The monoisotopic (exact) mass is 291 g/mol. The molecule has 1 aromatic carbocycles. The Kier molecular flexibility index (Phi) is 3.70. The molecule has 0 atom stereocenters. The van der Waals surface area contributed by atoms with Gasteiger partial charge in [-0.25, -0.2) is 14.2 Å². The summed E-state index contributed by atoms with van der Waals surface area (Å²) in [5.74, 6) is -3.21. The van der Waals surface area contributed by atoms with E-state index in [9.17, 15) is 14.0 Å². The van der Waals surface area contributed by atoms with Crippen LogP contribution >= 0.6 is 0 Å². The molecule has 5 N–H and O–H groups in total. The van der Waals surface area contributed by atoms with Gasteiger partial charge in [0.25, 0.3) is 5.91 Å². The van der Waals surface area contributed by atoms with Gasteiger partial charge in [-0.05, 0) is 24.3 Å². The van der Waals surface area contributed by atoms with Crippen molar-refractivity contribution in [3.8, 4) is 11.6 Å². The number of hydrogen-bond donors (Lipinski definition) is 3. The van der Waals surface area contributed by atoms with Gasteiger partial charge in [-0.15, -0.1) is 0 Å². The molecule has 2 aromatic rings. The lowest BCUT2D eigenvalue weighted by Gasteiger charge is -2.09. The maximum Gasteiger partial charge on any atom is 0.354 e. The normalized spacial score (nSPS) is 10.1. The first-order valence-electron chi connectivity index (χ1n) is 5.65. The van der Waals surface area contributed by atoms with Crippen LogP contribution in [0.5, 0.6) is 11.6 Å². The predicted octanol–water partition coefficient (Wildman–Crippen LogP) is 1.39. The van der Waals surface area contributed by atoms with Crippen molar-refractivity contribution in [3.05, 3.63) is 47.4 Å². The van der Waals surface area contributed by atoms with E-state index in [1.807, 2.05) is 0 Å². The third-order valence-corrected chi connectivity index (χ3v) is 2.53. The fraction of sp³-hybridized carbons (Fsp3) is 0. The van der Waals surface area contributed by atoms with Gasteiger partial charge in [-0.3, -0.25) is 4.79 Å². The molecule has 1 aromatic heterocycles. The fourth-order valence-electron chi connectivity index (χ4n) is 1.52. The number of carbonyl (C=O) groups excluding carboxylic acids is 1. The first-order valence-corrected chi connectivity index (χ1v) is 5.65. The lowest BCUT2D eigenvalue weighted by atomic mass is 10.2. The Hall–Kier alpha value is -3.16. The summed E-state index contributed by atoms with van der Waals surface area (Å²) in [4.78, 5) is 25.4. The van der Waals surface area contributed by atoms with Crippen LogP contribution in [0, 0.1) is 5.82 Å². The first kappa shape index (κ1) is 14.3. The summed E-state index contributed by atoms with van der Waals surface area (Å²) in [5.41, 5.74) is 10.1. The Morgan fingerprint density at radius 2 is 1.95 bits per heavy atom. The maximum atomic E-state index is 13.6.